The first kappa shape index (κ1) is 3.82. The van der Waals surface area contributed by atoms with Gasteiger partial charge in [0, 0.05) is 17.3 Å². The van der Waals surface area contributed by atoms with Crippen LogP contribution in [0.2, 0.25) is 0 Å². The topological polar surface area (TPSA) is 41.5 Å². The van der Waals surface area contributed by atoms with Gasteiger partial charge in [0.25, 0.3) is 5.91 Å². The molecule has 9 heavy (non-hydrogen) atoms. The van der Waals surface area contributed by atoms with E-state index >= 15 is 0 Å². The monoisotopic (exact) mass is 129 g/mol. The standard InChI is InChI=1S/C6H10N2O/c1-4-8-5(2)6(9)7-3/h4H,1H2,2-3H3,(H,7,9)/i3D3. The molecule has 0 bridgehead atoms. The van der Waals surface area contributed by atoms with Crippen molar-refractivity contribution >= 4 is 11.6 Å². The first-order valence-electron chi connectivity index (χ1n) is 3.84. The van der Waals surface area contributed by atoms with Gasteiger partial charge in [-0.3, -0.25) is 9.79 Å². The summed E-state index contributed by atoms with van der Waals surface area (Å²) in [6.45, 7) is 2.21. The number of hydrogen-bond acceptors (Lipinski definition) is 2. The Morgan fingerprint density at radius 3 is 3.11 bits per heavy atom. The number of carbonyl (C=O) groups excluding carboxylic acids is 1. The summed E-state index contributed by atoms with van der Waals surface area (Å²) in [5, 5.41) is 1.79. The van der Waals surface area contributed by atoms with E-state index < -0.39 is 12.9 Å². The maximum absolute atomic E-state index is 10.9. The molecule has 0 unspecified atom stereocenters. The Kier molecular flexibility index (Phi) is 1.63. The van der Waals surface area contributed by atoms with E-state index in [1.807, 2.05) is 0 Å². The molecule has 0 saturated heterocycles. The molecule has 0 aromatic heterocycles. The summed E-state index contributed by atoms with van der Waals surface area (Å²) >= 11 is 0. The van der Waals surface area contributed by atoms with Crippen LogP contribution in [-0.4, -0.2) is 18.6 Å². The van der Waals surface area contributed by atoms with Gasteiger partial charge in [-0.05, 0) is 6.92 Å². The lowest BCUT2D eigenvalue weighted by Crippen LogP contribution is -2.24. The minimum absolute atomic E-state index is 0.0705. The molecule has 0 atom stereocenters. The molecular formula is C6H10N2O. The Balaban J connectivity index is 4.24. The maximum atomic E-state index is 10.9. The van der Waals surface area contributed by atoms with Gasteiger partial charge in [-0.25, -0.2) is 0 Å². The summed E-state index contributed by atoms with van der Waals surface area (Å²) in [6, 6.07) is 0. The van der Waals surface area contributed by atoms with E-state index in [1.165, 1.54) is 13.1 Å². The fourth-order valence-electron chi connectivity index (χ4n) is 0.286. The number of nitrogens with zero attached hydrogens (tertiary/aromatic N) is 1. The van der Waals surface area contributed by atoms with Crippen molar-refractivity contribution in [3.05, 3.63) is 12.8 Å². The molecule has 1 amide bonds. The van der Waals surface area contributed by atoms with Crippen LogP contribution in [0.5, 0.6) is 0 Å². The highest BCUT2D eigenvalue weighted by atomic mass is 16.1. The highest BCUT2D eigenvalue weighted by Crippen LogP contribution is 1.76. The van der Waals surface area contributed by atoms with Gasteiger partial charge in [0.1, 0.15) is 5.71 Å². The molecular weight excluding hydrogens is 116 g/mol. The molecule has 0 spiro atoms. The number of aliphatic imine (C=N–C) groups is 1. The van der Waals surface area contributed by atoms with Crippen LogP contribution in [0, 0.1) is 0 Å². The first-order valence-corrected chi connectivity index (χ1v) is 2.34. The van der Waals surface area contributed by atoms with Crippen molar-refractivity contribution < 1.29 is 8.91 Å². The van der Waals surface area contributed by atoms with E-state index in [-0.39, 0.29) is 5.71 Å². The van der Waals surface area contributed by atoms with Crippen molar-refractivity contribution in [1.82, 2.24) is 5.32 Å². The zero-order valence-electron chi connectivity index (χ0n) is 8.14. The summed E-state index contributed by atoms with van der Waals surface area (Å²) < 4.78 is 20.1. The van der Waals surface area contributed by atoms with Crippen LogP contribution < -0.4 is 5.32 Å². The van der Waals surface area contributed by atoms with E-state index in [4.69, 9.17) is 4.11 Å². The number of nitrogens with one attached hydrogen (secondary N) is 1. The van der Waals surface area contributed by atoms with Gasteiger partial charge in [0.2, 0.25) is 0 Å². The molecule has 0 heterocycles. The van der Waals surface area contributed by atoms with Crippen molar-refractivity contribution in [2.24, 2.45) is 4.99 Å². The summed E-state index contributed by atoms with van der Waals surface area (Å²) in [7, 11) is 0. The molecule has 3 nitrogen and oxygen atoms in total. The minimum Gasteiger partial charge on any atom is -0.354 e. The van der Waals surface area contributed by atoms with Crippen molar-refractivity contribution in [1.29, 1.82) is 0 Å². The van der Waals surface area contributed by atoms with Crippen molar-refractivity contribution in [3.63, 3.8) is 0 Å². The van der Waals surface area contributed by atoms with Crippen molar-refractivity contribution in [2.45, 2.75) is 6.92 Å². The second kappa shape index (κ2) is 3.83. The van der Waals surface area contributed by atoms with Crippen LogP contribution in [0.15, 0.2) is 17.8 Å². The molecule has 0 aromatic rings. The Hall–Kier alpha value is -1.12. The lowest BCUT2D eigenvalue weighted by atomic mass is 10.4. The third-order valence-corrected chi connectivity index (χ3v) is 0.727. The third kappa shape index (κ3) is 2.64. The van der Waals surface area contributed by atoms with E-state index in [1.54, 1.807) is 5.32 Å². The second-order valence-electron chi connectivity index (χ2n) is 1.35. The van der Waals surface area contributed by atoms with Crippen LogP contribution in [-0.2, 0) is 4.79 Å². The Labute approximate surface area is 58.7 Å². The molecule has 0 radical (unpaired) electrons. The maximum Gasteiger partial charge on any atom is 0.265 e. The van der Waals surface area contributed by atoms with Crippen LogP contribution in [0.4, 0.5) is 0 Å². The molecule has 0 aliphatic heterocycles. The zero-order chi connectivity index (χ0) is 9.78. The Morgan fingerprint density at radius 1 is 2.00 bits per heavy atom. The molecule has 1 N–H and O–H groups in total. The van der Waals surface area contributed by atoms with Gasteiger partial charge in [-0.15, -0.1) is 0 Å². The lowest BCUT2D eigenvalue weighted by molar-refractivity contribution is -0.114. The fourth-order valence-corrected chi connectivity index (χ4v) is 0.286. The van der Waals surface area contributed by atoms with Crippen LogP contribution in [0.25, 0.3) is 0 Å². The molecule has 3 heteroatoms. The SMILES string of the molecule is [2H]C([2H])([2H])NC(=O)C(C)=NC=C. The largest absolute Gasteiger partial charge is 0.354 e. The van der Waals surface area contributed by atoms with Gasteiger partial charge < -0.3 is 5.32 Å². The summed E-state index contributed by atoms with van der Waals surface area (Å²) in [5.74, 6) is -0.713. The van der Waals surface area contributed by atoms with Gasteiger partial charge in [0.15, 0.2) is 0 Å². The van der Waals surface area contributed by atoms with Crippen molar-refractivity contribution in [3.8, 4) is 0 Å². The summed E-state index contributed by atoms with van der Waals surface area (Å²) in [6.07, 6.45) is 1.18. The number of hydrogen-bond donors (Lipinski definition) is 1. The molecule has 50 valence electrons. The van der Waals surface area contributed by atoms with Gasteiger partial charge in [0.05, 0.1) is 0 Å². The molecule has 0 fully saturated rings. The molecule has 0 saturated carbocycles. The van der Waals surface area contributed by atoms with Gasteiger partial charge in [-0.2, -0.15) is 0 Å². The molecule has 0 aliphatic carbocycles. The van der Waals surface area contributed by atoms with E-state index in [0.29, 0.717) is 0 Å². The smallest absolute Gasteiger partial charge is 0.265 e. The van der Waals surface area contributed by atoms with Crippen LogP contribution in [0.1, 0.15) is 11.0 Å². The third-order valence-electron chi connectivity index (χ3n) is 0.727. The quantitative estimate of drug-likeness (QED) is 0.536. The van der Waals surface area contributed by atoms with Crippen LogP contribution >= 0.6 is 0 Å². The summed E-state index contributed by atoms with van der Waals surface area (Å²) in [5.41, 5.74) is 0.0705. The molecule has 0 aliphatic rings. The van der Waals surface area contributed by atoms with E-state index in [9.17, 15) is 4.79 Å². The number of rotatable bonds is 2. The molecule has 0 rings (SSSR count). The summed E-state index contributed by atoms with van der Waals surface area (Å²) in [4.78, 5) is 14.4. The van der Waals surface area contributed by atoms with Crippen molar-refractivity contribution in [2.75, 3.05) is 6.98 Å². The zero-order valence-corrected chi connectivity index (χ0v) is 5.14. The highest BCUT2D eigenvalue weighted by molar-refractivity contribution is 6.37. The Bertz CT molecular complexity index is 219. The average Bonchev–Trinajstić information content (AvgIpc) is 1.84. The number of carbonyl (C=O) groups is 1. The minimum atomic E-state index is -2.46. The van der Waals surface area contributed by atoms with Gasteiger partial charge in [-0.1, -0.05) is 6.58 Å². The number of amides is 1. The highest BCUT2D eigenvalue weighted by Gasteiger charge is 1.98. The Morgan fingerprint density at radius 2 is 2.67 bits per heavy atom. The van der Waals surface area contributed by atoms with E-state index in [2.05, 4.69) is 11.6 Å². The molecule has 0 aromatic carbocycles. The lowest BCUT2D eigenvalue weighted by Gasteiger charge is -1.93. The fraction of sp³-hybridized carbons (Fsp3) is 0.333. The second-order valence-corrected chi connectivity index (χ2v) is 1.35. The predicted molar refractivity (Wildman–Crippen MR) is 37.4 cm³/mol. The first-order chi connectivity index (χ1) is 5.37. The average molecular weight is 129 g/mol. The van der Waals surface area contributed by atoms with Crippen LogP contribution in [0.3, 0.4) is 0 Å². The van der Waals surface area contributed by atoms with Gasteiger partial charge >= 0.3 is 0 Å². The normalized spacial score (nSPS) is 17.0. The van der Waals surface area contributed by atoms with E-state index in [0.717, 1.165) is 0 Å². The predicted octanol–water partition coefficient (Wildman–Crippen LogP) is 0.337.